The molecular formula is C13H19N3O3S. The molecule has 1 saturated carbocycles. The molecule has 110 valence electrons. The van der Waals surface area contributed by atoms with Crippen LogP contribution < -0.4 is 15.8 Å². The Hall–Kier alpha value is -1.44. The van der Waals surface area contributed by atoms with Crippen LogP contribution in [0, 0.1) is 0 Å². The summed E-state index contributed by atoms with van der Waals surface area (Å²) in [6, 6.07) is 7.33. The topological polar surface area (TPSA) is 101 Å². The van der Waals surface area contributed by atoms with Crippen LogP contribution in [0.25, 0.3) is 0 Å². The van der Waals surface area contributed by atoms with Crippen molar-refractivity contribution < 1.29 is 13.2 Å². The van der Waals surface area contributed by atoms with Crippen molar-refractivity contribution >= 4 is 15.9 Å². The lowest BCUT2D eigenvalue weighted by Crippen LogP contribution is -2.38. The summed E-state index contributed by atoms with van der Waals surface area (Å²) in [4.78, 5) is 11.5. The highest BCUT2D eigenvalue weighted by atomic mass is 32.2. The molecule has 4 N–H and O–H groups in total. The van der Waals surface area contributed by atoms with Crippen LogP contribution in [0.5, 0.6) is 0 Å². The average Bonchev–Trinajstić information content (AvgIpc) is 3.21. The quantitative estimate of drug-likeness (QED) is 0.651. The summed E-state index contributed by atoms with van der Waals surface area (Å²) in [6.45, 7) is 0.0669. The molecule has 0 bridgehead atoms. The highest BCUT2D eigenvalue weighted by molar-refractivity contribution is 7.88. The number of benzene rings is 1. The summed E-state index contributed by atoms with van der Waals surface area (Å²) in [5, 5.41) is 2.73. The molecule has 6 nitrogen and oxygen atoms in total. The fourth-order valence-corrected chi connectivity index (χ4v) is 2.98. The number of carbonyl (C=O) groups is 1. The Morgan fingerprint density at radius 2 is 1.90 bits per heavy atom. The number of amides is 1. The molecule has 0 heterocycles. The van der Waals surface area contributed by atoms with Gasteiger partial charge in [0.1, 0.15) is 0 Å². The Morgan fingerprint density at radius 1 is 1.25 bits per heavy atom. The molecule has 0 spiro atoms. The molecule has 0 unspecified atom stereocenters. The second kappa shape index (κ2) is 6.34. The van der Waals surface area contributed by atoms with Crippen molar-refractivity contribution in [2.24, 2.45) is 5.73 Å². The van der Waals surface area contributed by atoms with Crippen LogP contribution in [0.15, 0.2) is 24.3 Å². The van der Waals surface area contributed by atoms with Gasteiger partial charge in [-0.25, -0.2) is 13.1 Å². The zero-order valence-electron chi connectivity index (χ0n) is 11.1. The first-order valence-corrected chi connectivity index (χ1v) is 8.19. The third kappa shape index (κ3) is 4.59. The van der Waals surface area contributed by atoms with Crippen molar-refractivity contribution in [3.05, 3.63) is 35.4 Å². The minimum atomic E-state index is -3.54. The van der Waals surface area contributed by atoms with Gasteiger partial charge in [0.15, 0.2) is 0 Å². The van der Waals surface area contributed by atoms with Crippen LogP contribution in [-0.4, -0.2) is 26.9 Å². The first-order chi connectivity index (χ1) is 9.50. The number of nitrogens with two attached hydrogens (primary N) is 1. The van der Waals surface area contributed by atoms with Crippen LogP contribution in [0.2, 0.25) is 0 Å². The number of hydrogen-bond acceptors (Lipinski definition) is 4. The van der Waals surface area contributed by atoms with E-state index in [2.05, 4.69) is 10.0 Å². The van der Waals surface area contributed by atoms with Crippen molar-refractivity contribution in [2.45, 2.75) is 31.2 Å². The second-order valence-corrected chi connectivity index (χ2v) is 6.70. The summed E-state index contributed by atoms with van der Waals surface area (Å²) in [6.07, 6.45) is 1.95. The molecule has 1 aromatic rings. The summed E-state index contributed by atoms with van der Waals surface area (Å²) < 4.78 is 26.2. The van der Waals surface area contributed by atoms with E-state index in [9.17, 15) is 13.2 Å². The van der Waals surface area contributed by atoms with Crippen LogP contribution in [0.4, 0.5) is 0 Å². The number of nitrogens with one attached hydrogen (secondary N) is 2. The van der Waals surface area contributed by atoms with Crippen molar-refractivity contribution in [1.29, 1.82) is 0 Å². The predicted molar refractivity (Wildman–Crippen MR) is 76.1 cm³/mol. The zero-order chi connectivity index (χ0) is 14.6. The Bertz CT molecular complexity index is 582. The lowest BCUT2D eigenvalue weighted by molar-refractivity contribution is -0.120. The summed E-state index contributed by atoms with van der Waals surface area (Å²) in [7, 11) is -3.54. The molecule has 0 radical (unpaired) electrons. The lowest BCUT2D eigenvalue weighted by atomic mass is 10.1. The van der Waals surface area contributed by atoms with E-state index in [0.29, 0.717) is 5.56 Å². The maximum Gasteiger partial charge on any atom is 0.235 e. The van der Waals surface area contributed by atoms with E-state index in [4.69, 9.17) is 5.73 Å². The Labute approximate surface area is 118 Å². The van der Waals surface area contributed by atoms with Gasteiger partial charge in [0, 0.05) is 12.6 Å². The van der Waals surface area contributed by atoms with E-state index in [0.717, 1.165) is 18.4 Å². The van der Waals surface area contributed by atoms with Crippen molar-refractivity contribution in [1.82, 2.24) is 10.0 Å². The van der Waals surface area contributed by atoms with E-state index < -0.39 is 10.0 Å². The molecule has 0 saturated heterocycles. The molecule has 1 aromatic carbocycles. The monoisotopic (exact) mass is 297 g/mol. The van der Waals surface area contributed by atoms with Crippen molar-refractivity contribution in [2.75, 3.05) is 6.54 Å². The maximum absolute atomic E-state index is 11.9. The summed E-state index contributed by atoms with van der Waals surface area (Å²) >= 11 is 0. The number of sulfonamides is 1. The first kappa shape index (κ1) is 15.0. The molecule has 1 fully saturated rings. The van der Waals surface area contributed by atoms with Gasteiger partial charge in [-0.05, 0) is 24.0 Å². The lowest BCUT2D eigenvalue weighted by Gasteiger charge is -2.10. The van der Waals surface area contributed by atoms with Gasteiger partial charge in [0.25, 0.3) is 0 Å². The third-order valence-electron chi connectivity index (χ3n) is 3.08. The van der Waals surface area contributed by atoms with Gasteiger partial charge in [-0.3, -0.25) is 4.79 Å². The molecule has 0 aliphatic heterocycles. The summed E-state index contributed by atoms with van der Waals surface area (Å²) in [5.41, 5.74) is 7.02. The molecule has 7 heteroatoms. The molecule has 1 amide bonds. The van der Waals surface area contributed by atoms with Gasteiger partial charge >= 0.3 is 0 Å². The van der Waals surface area contributed by atoms with Gasteiger partial charge in [-0.15, -0.1) is 0 Å². The fraction of sp³-hybridized carbons (Fsp3) is 0.462. The molecule has 20 heavy (non-hydrogen) atoms. The molecule has 0 atom stereocenters. The van der Waals surface area contributed by atoms with E-state index >= 15 is 0 Å². The minimum Gasteiger partial charge on any atom is -0.352 e. The number of carbonyl (C=O) groups excluding carboxylic acids is 1. The van der Waals surface area contributed by atoms with Crippen LogP contribution in [0.1, 0.15) is 24.0 Å². The van der Waals surface area contributed by atoms with Crippen molar-refractivity contribution in [3.8, 4) is 0 Å². The highest BCUT2D eigenvalue weighted by Crippen LogP contribution is 2.18. The zero-order valence-corrected chi connectivity index (χ0v) is 11.9. The van der Waals surface area contributed by atoms with Crippen LogP contribution in [-0.2, 0) is 27.1 Å². The number of hydrogen-bond donors (Lipinski definition) is 3. The van der Waals surface area contributed by atoms with Gasteiger partial charge in [-0.2, -0.15) is 0 Å². The highest BCUT2D eigenvalue weighted by Gasteiger charge is 2.23. The molecule has 1 aliphatic rings. The largest absolute Gasteiger partial charge is 0.352 e. The minimum absolute atomic E-state index is 0.170. The van der Waals surface area contributed by atoms with Crippen molar-refractivity contribution in [3.63, 3.8) is 0 Å². The van der Waals surface area contributed by atoms with Gasteiger partial charge in [0.05, 0.1) is 12.3 Å². The Morgan fingerprint density at radius 3 is 2.50 bits per heavy atom. The Kier molecular flexibility index (Phi) is 4.74. The second-order valence-electron chi connectivity index (χ2n) is 4.89. The van der Waals surface area contributed by atoms with E-state index in [1.165, 1.54) is 0 Å². The maximum atomic E-state index is 11.9. The van der Waals surface area contributed by atoms with Crippen LogP contribution in [0.3, 0.4) is 0 Å². The normalized spacial score (nSPS) is 15.1. The standard InChI is InChI=1S/C13H19N3O3S/c14-7-10-3-1-2-4-11(10)9-20(18,19)15-8-13(17)16-12-5-6-12/h1-4,12,15H,5-9,14H2,(H,16,17). The van der Waals surface area contributed by atoms with Gasteiger partial charge < -0.3 is 11.1 Å². The molecule has 1 aliphatic carbocycles. The van der Waals surface area contributed by atoms with Crippen LogP contribution >= 0.6 is 0 Å². The van der Waals surface area contributed by atoms with Gasteiger partial charge in [0.2, 0.25) is 15.9 Å². The van der Waals surface area contributed by atoms with E-state index in [1.54, 1.807) is 18.2 Å². The Balaban J connectivity index is 1.91. The average molecular weight is 297 g/mol. The predicted octanol–water partition coefficient (Wildman–Crippen LogP) is -0.157. The third-order valence-corrected chi connectivity index (χ3v) is 4.35. The fourth-order valence-electron chi connectivity index (χ4n) is 1.84. The first-order valence-electron chi connectivity index (χ1n) is 6.54. The summed E-state index contributed by atoms with van der Waals surface area (Å²) in [5.74, 6) is -0.458. The molecule has 2 rings (SSSR count). The number of rotatable bonds is 7. The van der Waals surface area contributed by atoms with Gasteiger partial charge in [-0.1, -0.05) is 24.3 Å². The molecule has 0 aromatic heterocycles. The van der Waals surface area contributed by atoms with E-state index in [1.807, 2.05) is 6.07 Å². The smallest absolute Gasteiger partial charge is 0.235 e. The molecular weight excluding hydrogens is 278 g/mol. The van der Waals surface area contributed by atoms with E-state index in [-0.39, 0.29) is 30.8 Å². The SMILES string of the molecule is NCc1ccccc1CS(=O)(=O)NCC(=O)NC1CC1.